The second-order valence-electron chi connectivity index (χ2n) is 5.39. The molecule has 2 rings (SSSR count). The first-order chi connectivity index (χ1) is 12.3. The molecule has 9 heteroatoms. The molecule has 26 heavy (non-hydrogen) atoms. The molecule has 0 fully saturated rings. The lowest BCUT2D eigenvalue weighted by Crippen LogP contribution is -2.41. The minimum Gasteiger partial charge on any atom is -0.381 e. The Morgan fingerprint density at radius 2 is 1.69 bits per heavy atom. The molecule has 0 heterocycles. The largest absolute Gasteiger partial charge is 0.381 e. The molecule has 2 aromatic carbocycles. The molecular formula is C17H20N4O4S. The van der Waals surface area contributed by atoms with Crippen LogP contribution < -0.4 is 20.9 Å². The Kier molecular flexibility index (Phi) is 6.31. The number of hydrogen-bond donors (Lipinski definition) is 4. The predicted molar refractivity (Wildman–Crippen MR) is 97.7 cm³/mol. The van der Waals surface area contributed by atoms with Crippen molar-refractivity contribution in [2.45, 2.75) is 18.4 Å². The van der Waals surface area contributed by atoms with E-state index in [1.165, 1.54) is 26.1 Å². The number of benzene rings is 2. The van der Waals surface area contributed by atoms with Gasteiger partial charge in [-0.25, -0.2) is 13.1 Å². The zero-order chi connectivity index (χ0) is 19.2. The van der Waals surface area contributed by atoms with Crippen molar-refractivity contribution in [3.05, 3.63) is 59.7 Å². The summed E-state index contributed by atoms with van der Waals surface area (Å²) in [7, 11) is -2.59. The van der Waals surface area contributed by atoms with Gasteiger partial charge in [-0.3, -0.25) is 20.4 Å². The molecule has 0 saturated heterocycles. The van der Waals surface area contributed by atoms with Crippen LogP contribution in [0.15, 0.2) is 53.4 Å². The Morgan fingerprint density at radius 3 is 2.31 bits per heavy atom. The van der Waals surface area contributed by atoms with E-state index in [0.29, 0.717) is 12.2 Å². The van der Waals surface area contributed by atoms with Gasteiger partial charge in [0.1, 0.15) is 0 Å². The normalized spacial score (nSPS) is 10.8. The number of carbonyl (C=O) groups is 2. The van der Waals surface area contributed by atoms with Gasteiger partial charge < -0.3 is 5.32 Å². The SMILES string of the molecule is CNS(=O)(=O)c1ccc(NCc2ccccc2)cc1C(=O)NNC(C)=O. The molecule has 0 aromatic heterocycles. The van der Waals surface area contributed by atoms with Gasteiger partial charge in [-0.2, -0.15) is 0 Å². The lowest BCUT2D eigenvalue weighted by atomic mass is 10.1. The molecule has 2 amide bonds. The highest BCUT2D eigenvalue weighted by Crippen LogP contribution is 2.21. The molecule has 0 aliphatic carbocycles. The number of rotatable bonds is 6. The summed E-state index contributed by atoms with van der Waals surface area (Å²) in [6.07, 6.45) is 0. The maximum absolute atomic E-state index is 12.3. The third-order valence-corrected chi connectivity index (χ3v) is 4.95. The van der Waals surface area contributed by atoms with Gasteiger partial charge in [0.05, 0.1) is 10.5 Å². The van der Waals surface area contributed by atoms with E-state index in [9.17, 15) is 18.0 Å². The summed E-state index contributed by atoms with van der Waals surface area (Å²) >= 11 is 0. The Morgan fingerprint density at radius 1 is 1.00 bits per heavy atom. The second-order valence-corrected chi connectivity index (χ2v) is 7.25. The number of nitrogens with one attached hydrogen (secondary N) is 4. The van der Waals surface area contributed by atoms with E-state index < -0.39 is 21.8 Å². The highest BCUT2D eigenvalue weighted by atomic mass is 32.2. The minimum absolute atomic E-state index is 0.0915. The van der Waals surface area contributed by atoms with Crippen LogP contribution in [0.1, 0.15) is 22.8 Å². The lowest BCUT2D eigenvalue weighted by Gasteiger charge is -2.13. The average Bonchev–Trinajstić information content (AvgIpc) is 2.65. The first-order valence-corrected chi connectivity index (χ1v) is 9.24. The fourth-order valence-electron chi connectivity index (χ4n) is 2.17. The average molecular weight is 376 g/mol. The zero-order valence-corrected chi connectivity index (χ0v) is 15.2. The van der Waals surface area contributed by atoms with Gasteiger partial charge in [-0.15, -0.1) is 0 Å². The summed E-state index contributed by atoms with van der Waals surface area (Å²) in [6.45, 7) is 1.73. The molecule has 138 valence electrons. The fraction of sp³-hybridized carbons (Fsp3) is 0.176. The highest BCUT2D eigenvalue weighted by Gasteiger charge is 2.22. The molecule has 4 N–H and O–H groups in total. The molecule has 0 unspecified atom stereocenters. The second kappa shape index (κ2) is 8.45. The van der Waals surface area contributed by atoms with Gasteiger partial charge in [0, 0.05) is 19.2 Å². The highest BCUT2D eigenvalue weighted by molar-refractivity contribution is 7.89. The van der Waals surface area contributed by atoms with E-state index in [4.69, 9.17) is 0 Å². The van der Waals surface area contributed by atoms with E-state index in [2.05, 4.69) is 20.9 Å². The zero-order valence-electron chi connectivity index (χ0n) is 14.4. The van der Waals surface area contributed by atoms with Crippen LogP contribution in [0.2, 0.25) is 0 Å². The van der Waals surface area contributed by atoms with Gasteiger partial charge in [-0.1, -0.05) is 30.3 Å². The van der Waals surface area contributed by atoms with Crippen molar-refractivity contribution >= 4 is 27.5 Å². The molecule has 0 saturated carbocycles. The minimum atomic E-state index is -3.85. The van der Waals surface area contributed by atoms with Crippen molar-refractivity contribution in [1.29, 1.82) is 0 Å². The van der Waals surface area contributed by atoms with Gasteiger partial charge in [0.15, 0.2) is 0 Å². The van der Waals surface area contributed by atoms with Crippen molar-refractivity contribution in [3.63, 3.8) is 0 Å². The molecule has 0 aliphatic heterocycles. The Hall–Kier alpha value is -2.91. The summed E-state index contributed by atoms with van der Waals surface area (Å²) in [5, 5.41) is 3.14. The summed E-state index contributed by atoms with van der Waals surface area (Å²) in [5.74, 6) is -1.22. The summed E-state index contributed by atoms with van der Waals surface area (Å²) < 4.78 is 26.5. The topological polar surface area (TPSA) is 116 Å². The standard InChI is InChI=1S/C17H20N4O4S/c1-12(22)20-21-17(23)15-10-14(8-9-16(15)26(24,25)18-2)19-11-13-6-4-3-5-7-13/h3-10,18-19H,11H2,1-2H3,(H,20,22)(H,21,23). The van der Waals surface area contributed by atoms with Crippen LogP contribution in [0.4, 0.5) is 5.69 Å². The Bertz CT molecular complexity index is 898. The van der Waals surface area contributed by atoms with Gasteiger partial charge in [-0.05, 0) is 30.8 Å². The van der Waals surface area contributed by atoms with Crippen molar-refractivity contribution in [3.8, 4) is 0 Å². The van der Waals surface area contributed by atoms with E-state index >= 15 is 0 Å². The number of anilines is 1. The lowest BCUT2D eigenvalue weighted by molar-refractivity contribution is -0.119. The smallest absolute Gasteiger partial charge is 0.271 e. The first-order valence-electron chi connectivity index (χ1n) is 7.76. The van der Waals surface area contributed by atoms with Crippen molar-refractivity contribution in [2.75, 3.05) is 12.4 Å². The third kappa shape index (κ3) is 5.04. The molecule has 8 nitrogen and oxygen atoms in total. The van der Waals surface area contributed by atoms with E-state index in [1.807, 2.05) is 30.3 Å². The number of hydrazine groups is 1. The van der Waals surface area contributed by atoms with Crippen LogP contribution in [0.25, 0.3) is 0 Å². The van der Waals surface area contributed by atoms with Crippen LogP contribution in [0.3, 0.4) is 0 Å². The fourth-order valence-corrected chi connectivity index (χ4v) is 3.08. The predicted octanol–water partition coefficient (Wildman–Crippen LogP) is 0.988. The third-order valence-electron chi connectivity index (χ3n) is 3.47. The monoisotopic (exact) mass is 376 g/mol. The number of carbonyl (C=O) groups excluding carboxylic acids is 2. The maximum Gasteiger partial charge on any atom is 0.271 e. The van der Waals surface area contributed by atoms with E-state index in [-0.39, 0.29) is 10.5 Å². The van der Waals surface area contributed by atoms with E-state index in [1.54, 1.807) is 6.07 Å². The number of amides is 2. The van der Waals surface area contributed by atoms with Crippen molar-refractivity contribution < 1.29 is 18.0 Å². The van der Waals surface area contributed by atoms with Crippen LogP contribution in [-0.4, -0.2) is 27.3 Å². The van der Waals surface area contributed by atoms with Gasteiger partial charge in [0.25, 0.3) is 5.91 Å². The Labute approximate surface area is 152 Å². The van der Waals surface area contributed by atoms with Crippen LogP contribution in [-0.2, 0) is 21.4 Å². The van der Waals surface area contributed by atoms with Gasteiger partial charge in [0.2, 0.25) is 15.9 Å². The molecule has 2 aromatic rings. The summed E-state index contributed by atoms with van der Waals surface area (Å²) in [5.41, 5.74) is 5.83. The van der Waals surface area contributed by atoms with Crippen LogP contribution in [0.5, 0.6) is 0 Å². The van der Waals surface area contributed by atoms with E-state index in [0.717, 1.165) is 5.56 Å². The Balaban J connectivity index is 2.30. The number of sulfonamides is 1. The molecule has 0 aliphatic rings. The van der Waals surface area contributed by atoms with Crippen LogP contribution in [0, 0.1) is 0 Å². The molecule has 0 atom stereocenters. The number of hydrogen-bond acceptors (Lipinski definition) is 5. The summed E-state index contributed by atoms with van der Waals surface area (Å²) in [4.78, 5) is 23.1. The maximum atomic E-state index is 12.3. The van der Waals surface area contributed by atoms with Crippen molar-refractivity contribution in [1.82, 2.24) is 15.6 Å². The quantitative estimate of drug-likeness (QED) is 0.561. The first kappa shape index (κ1) is 19.4. The molecule has 0 spiro atoms. The molecular weight excluding hydrogens is 356 g/mol. The molecule has 0 bridgehead atoms. The molecule has 0 radical (unpaired) electrons. The summed E-state index contributed by atoms with van der Waals surface area (Å²) in [6, 6.07) is 13.9. The van der Waals surface area contributed by atoms with Gasteiger partial charge >= 0.3 is 0 Å². The van der Waals surface area contributed by atoms with Crippen molar-refractivity contribution in [2.24, 2.45) is 0 Å². The van der Waals surface area contributed by atoms with Crippen LogP contribution >= 0.6 is 0 Å².